The van der Waals surface area contributed by atoms with Gasteiger partial charge < -0.3 is 0 Å². The zero-order chi connectivity index (χ0) is 10.8. The predicted octanol–water partition coefficient (Wildman–Crippen LogP) is 2.99. The van der Waals surface area contributed by atoms with Crippen molar-refractivity contribution in [3.05, 3.63) is 23.0 Å². The van der Waals surface area contributed by atoms with Crippen molar-refractivity contribution in [1.82, 2.24) is 10.2 Å². The van der Waals surface area contributed by atoms with E-state index in [9.17, 15) is 13.2 Å². The molecule has 1 N–H and O–H groups in total. The lowest BCUT2D eigenvalue weighted by molar-refractivity contribution is -0.141. The van der Waals surface area contributed by atoms with Gasteiger partial charge in [-0.1, -0.05) is 12.2 Å². The molecule has 0 unspecified atom stereocenters. The standard InChI is InChI=1S/C8H8ClF3N2/c1-5-6(3-2-4-9)7(14-13-5)8(10,11)12/h2-3H,4H2,1H3,(H,13,14). The van der Waals surface area contributed by atoms with E-state index < -0.39 is 11.9 Å². The summed E-state index contributed by atoms with van der Waals surface area (Å²) >= 11 is 5.34. The van der Waals surface area contributed by atoms with Crippen molar-refractivity contribution in [3.8, 4) is 0 Å². The van der Waals surface area contributed by atoms with Crippen molar-refractivity contribution in [2.45, 2.75) is 13.1 Å². The van der Waals surface area contributed by atoms with Gasteiger partial charge in [-0.15, -0.1) is 11.6 Å². The highest BCUT2D eigenvalue weighted by atomic mass is 35.5. The number of H-pyrrole nitrogens is 1. The van der Waals surface area contributed by atoms with Crippen LogP contribution < -0.4 is 0 Å². The van der Waals surface area contributed by atoms with Gasteiger partial charge in [-0.05, 0) is 6.92 Å². The average molecular weight is 225 g/mol. The Kier molecular flexibility index (Phi) is 3.21. The molecule has 0 amide bonds. The molecule has 0 aliphatic carbocycles. The van der Waals surface area contributed by atoms with E-state index in [0.717, 1.165) is 0 Å². The van der Waals surface area contributed by atoms with E-state index in [4.69, 9.17) is 11.6 Å². The molecule has 1 aromatic rings. The van der Waals surface area contributed by atoms with Gasteiger partial charge in [-0.3, -0.25) is 5.10 Å². The number of allylic oxidation sites excluding steroid dienone is 1. The molecule has 0 fully saturated rings. The normalized spacial score (nSPS) is 12.6. The molecule has 1 rings (SSSR count). The molecule has 6 heteroatoms. The number of nitrogens with zero attached hydrogens (tertiary/aromatic N) is 1. The summed E-state index contributed by atoms with van der Waals surface area (Å²) in [5.74, 6) is 0.169. The van der Waals surface area contributed by atoms with Crippen LogP contribution in [-0.2, 0) is 6.18 Å². The number of aromatic amines is 1. The van der Waals surface area contributed by atoms with Crippen LogP contribution in [-0.4, -0.2) is 16.1 Å². The summed E-state index contributed by atoms with van der Waals surface area (Å²) in [5.41, 5.74) is -0.492. The Balaban J connectivity index is 3.13. The lowest BCUT2D eigenvalue weighted by Crippen LogP contribution is -2.07. The number of aryl methyl sites for hydroxylation is 1. The molecule has 0 radical (unpaired) electrons. The van der Waals surface area contributed by atoms with Gasteiger partial charge in [0.05, 0.1) is 0 Å². The lowest BCUT2D eigenvalue weighted by Gasteiger charge is -2.03. The molecule has 0 aliphatic heterocycles. The Morgan fingerprint density at radius 2 is 2.14 bits per heavy atom. The molecule has 1 aromatic heterocycles. The Labute approximate surface area is 83.8 Å². The molecule has 2 nitrogen and oxygen atoms in total. The number of rotatable bonds is 2. The second-order valence-electron chi connectivity index (χ2n) is 2.67. The van der Waals surface area contributed by atoms with E-state index >= 15 is 0 Å². The fraction of sp³-hybridized carbons (Fsp3) is 0.375. The quantitative estimate of drug-likeness (QED) is 0.769. The van der Waals surface area contributed by atoms with Gasteiger partial charge in [-0.25, -0.2) is 0 Å². The highest BCUT2D eigenvalue weighted by Gasteiger charge is 2.36. The molecular weight excluding hydrogens is 217 g/mol. The van der Waals surface area contributed by atoms with E-state index in [2.05, 4.69) is 10.2 Å². The van der Waals surface area contributed by atoms with E-state index in [0.29, 0.717) is 5.69 Å². The van der Waals surface area contributed by atoms with Gasteiger partial charge in [0.2, 0.25) is 0 Å². The molecule has 0 saturated heterocycles. The first kappa shape index (κ1) is 11.1. The van der Waals surface area contributed by atoms with Crippen molar-refractivity contribution >= 4 is 17.7 Å². The molecule has 1 heterocycles. The van der Waals surface area contributed by atoms with Crippen LogP contribution in [0.1, 0.15) is 17.0 Å². The van der Waals surface area contributed by atoms with Crippen molar-refractivity contribution in [3.63, 3.8) is 0 Å². The van der Waals surface area contributed by atoms with Gasteiger partial charge in [0.1, 0.15) is 0 Å². The van der Waals surface area contributed by atoms with Crippen molar-refractivity contribution in [1.29, 1.82) is 0 Å². The van der Waals surface area contributed by atoms with Crippen LogP contribution in [0.2, 0.25) is 0 Å². The summed E-state index contributed by atoms with van der Waals surface area (Å²) in [4.78, 5) is 0. The van der Waals surface area contributed by atoms with Gasteiger partial charge >= 0.3 is 6.18 Å². The van der Waals surface area contributed by atoms with Crippen LogP contribution >= 0.6 is 11.6 Å². The zero-order valence-corrected chi connectivity index (χ0v) is 8.08. The van der Waals surface area contributed by atoms with Gasteiger partial charge in [0.25, 0.3) is 0 Å². The fourth-order valence-corrected chi connectivity index (χ4v) is 1.11. The van der Waals surface area contributed by atoms with Crippen LogP contribution in [0.4, 0.5) is 13.2 Å². The Hall–Kier alpha value is -0.970. The van der Waals surface area contributed by atoms with Crippen LogP contribution in [0, 0.1) is 6.92 Å². The van der Waals surface area contributed by atoms with Gasteiger partial charge in [0.15, 0.2) is 5.69 Å². The third-order valence-corrected chi connectivity index (χ3v) is 1.81. The summed E-state index contributed by atoms with van der Waals surface area (Å²) in [5, 5.41) is 5.48. The van der Waals surface area contributed by atoms with Crippen LogP contribution in [0.3, 0.4) is 0 Å². The second-order valence-corrected chi connectivity index (χ2v) is 2.97. The first-order valence-electron chi connectivity index (χ1n) is 3.81. The number of nitrogens with one attached hydrogen (secondary N) is 1. The largest absolute Gasteiger partial charge is 0.435 e. The topological polar surface area (TPSA) is 28.7 Å². The van der Waals surface area contributed by atoms with E-state index in [-0.39, 0.29) is 11.4 Å². The molecule has 14 heavy (non-hydrogen) atoms. The van der Waals surface area contributed by atoms with E-state index in [1.165, 1.54) is 19.1 Å². The Morgan fingerprint density at radius 3 is 2.64 bits per heavy atom. The highest BCUT2D eigenvalue weighted by molar-refractivity contribution is 6.19. The van der Waals surface area contributed by atoms with Gasteiger partial charge in [-0.2, -0.15) is 18.3 Å². The molecular formula is C8H8ClF3N2. The molecule has 0 bridgehead atoms. The number of aromatic nitrogens is 2. The zero-order valence-electron chi connectivity index (χ0n) is 7.32. The minimum Gasteiger partial charge on any atom is -0.282 e. The summed E-state index contributed by atoms with van der Waals surface area (Å²) in [6.45, 7) is 1.52. The second kappa shape index (κ2) is 4.04. The van der Waals surface area contributed by atoms with E-state index in [1.54, 1.807) is 0 Å². The molecule has 78 valence electrons. The fourth-order valence-electron chi connectivity index (χ4n) is 1.02. The SMILES string of the molecule is Cc1[nH]nc(C(F)(F)F)c1C=CCCl. The Bertz CT molecular complexity index is 341. The summed E-state index contributed by atoms with van der Waals surface area (Å²) < 4.78 is 37.0. The molecule has 0 aromatic carbocycles. The van der Waals surface area contributed by atoms with Crippen LogP contribution in [0.5, 0.6) is 0 Å². The molecule has 0 atom stereocenters. The van der Waals surface area contributed by atoms with E-state index in [1.807, 2.05) is 0 Å². The third-order valence-electron chi connectivity index (χ3n) is 1.64. The minimum atomic E-state index is -4.43. The summed E-state index contributed by atoms with van der Waals surface area (Å²) in [7, 11) is 0. The smallest absolute Gasteiger partial charge is 0.282 e. The summed E-state index contributed by atoms with van der Waals surface area (Å²) in [6.07, 6.45) is -1.68. The highest BCUT2D eigenvalue weighted by Crippen LogP contribution is 2.31. The van der Waals surface area contributed by atoms with Crippen molar-refractivity contribution in [2.24, 2.45) is 0 Å². The van der Waals surface area contributed by atoms with Crippen molar-refractivity contribution in [2.75, 3.05) is 5.88 Å². The van der Waals surface area contributed by atoms with Crippen molar-refractivity contribution < 1.29 is 13.2 Å². The van der Waals surface area contributed by atoms with Crippen LogP contribution in [0.15, 0.2) is 6.08 Å². The monoisotopic (exact) mass is 224 g/mol. The van der Waals surface area contributed by atoms with Gasteiger partial charge in [0, 0.05) is 17.1 Å². The minimum absolute atomic E-state index is 0.0400. The predicted molar refractivity (Wildman–Crippen MR) is 48.1 cm³/mol. The molecule has 0 aliphatic rings. The maximum Gasteiger partial charge on any atom is 0.435 e. The third kappa shape index (κ3) is 2.29. The molecule has 0 spiro atoms. The average Bonchev–Trinajstić information content (AvgIpc) is 2.42. The first-order chi connectivity index (χ1) is 6.46. The number of halogens is 4. The summed E-state index contributed by atoms with van der Waals surface area (Å²) in [6, 6.07) is 0. The molecule has 0 saturated carbocycles. The Morgan fingerprint density at radius 1 is 1.50 bits per heavy atom. The first-order valence-corrected chi connectivity index (χ1v) is 4.35. The number of hydrogen-bond acceptors (Lipinski definition) is 1. The van der Waals surface area contributed by atoms with Crippen LogP contribution in [0.25, 0.3) is 6.08 Å². The maximum absolute atomic E-state index is 12.3. The lowest BCUT2D eigenvalue weighted by atomic mass is 10.1. The number of hydrogen-bond donors (Lipinski definition) is 1. The maximum atomic E-state index is 12.3. The number of alkyl halides is 4.